The molecule has 1 aliphatic heterocycles. The molecule has 0 bridgehead atoms. The zero-order chi connectivity index (χ0) is 16.8. The Morgan fingerprint density at radius 1 is 1.17 bits per heavy atom. The highest BCUT2D eigenvalue weighted by Crippen LogP contribution is 2.65. The standard InChI is InChI=1S/C21H27NO2/c1-16-17-7-10-20(9-5-13-22)8-4-3-6-18(20)19(17,2)11-12-21(16)23-14-15-24-21/h6,16-17H,3-4,7-8,10-12,14-15H2,1-2H3/t16-,17+,19?,20+/m1/s1. The lowest BCUT2D eigenvalue weighted by atomic mass is 9.46. The zero-order valence-corrected chi connectivity index (χ0v) is 14.9. The average molecular weight is 325 g/mol. The summed E-state index contributed by atoms with van der Waals surface area (Å²) >= 11 is 0. The van der Waals surface area contributed by atoms with E-state index >= 15 is 0 Å². The van der Waals surface area contributed by atoms with Crippen molar-refractivity contribution < 1.29 is 9.47 Å². The third kappa shape index (κ3) is 2.11. The lowest BCUT2D eigenvalue weighted by Gasteiger charge is -2.60. The molecule has 1 unspecified atom stereocenters. The third-order valence-electron chi connectivity index (χ3n) is 7.41. The fraction of sp³-hybridized carbons (Fsp3) is 0.762. The Balaban J connectivity index is 1.73. The Kier molecular flexibility index (Phi) is 3.79. The number of nitriles is 1. The van der Waals surface area contributed by atoms with Gasteiger partial charge >= 0.3 is 0 Å². The van der Waals surface area contributed by atoms with Crippen molar-refractivity contribution in [2.24, 2.45) is 22.7 Å². The highest BCUT2D eigenvalue weighted by Gasteiger charge is 2.60. The molecule has 2 saturated carbocycles. The fourth-order valence-electron chi connectivity index (χ4n) is 6.25. The van der Waals surface area contributed by atoms with Gasteiger partial charge in [0, 0.05) is 18.3 Å². The number of fused-ring (bicyclic) bond motifs is 3. The normalized spacial score (nSPS) is 43.0. The molecule has 1 heterocycles. The van der Waals surface area contributed by atoms with Gasteiger partial charge in [-0.05, 0) is 55.4 Å². The molecular weight excluding hydrogens is 298 g/mol. The quantitative estimate of drug-likeness (QED) is 0.495. The maximum atomic E-state index is 8.99. The summed E-state index contributed by atoms with van der Waals surface area (Å²) in [6.45, 7) is 6.22. The predicted molar refractivity (Wildman–Crippen MR) is 91.6 cm³/mol. The first kappa shape index (κ1) is 16.2. The Morgan fingerprint density at radius 3 is 2.71 bits per heavy atom. The van der Waals surface area contributed by atoms with Gasteiger partial charge in [0.05, 0.1) is 18.6 Å². The maximum absolute atomic E-state index is 8.99. The van der Waals surface area contributed by atoms with E-state index in [-0.39, 0.29) is 16.6 Å². The Hall–Kier alpha value is -1.29. The van der Waals surface area contributed by atoms with Crippen molar-refractivity contribution in [1.29, 1.82) is 5.26 Å². The molecule has 0 aromatic heterocycles. The van der Waals surface area contributed by atoms with Gasteiger partial charge in [0.1, 0.15) is 0 Å². The molecule has 4 aliphatic rings. The summed E-state index contributed by atoms with van der Waals surface area (Å²) in [6.07, 6.45) is 10.2. The minimum Gasteiger partial charge on any atom is -0.347 e. The van der Waals surface area contributed by atoms with Crippen LogP contribution >= 0.6 is 0 Å². The molecule has 0 aromatic carbocycles. The molecule has 24 heavy (non-hydrogen) atoms. The highest BCUT2D eigenvalue weighted by atomic mass is 16.7. The number of nitrogens with zero attached hydrogens (tertiary/aromatic N) is 1. The molecule has 0 N–H and O–H groups in total. The number of allylic oxidation sites excluding steroid dienone is 2. The molecule has 4 atom stereocenters. The van der Waals surface area contributed by atoms with Crippen LogP contribution in [0.3, 0.4) is 0 Å². The highest BCUT2D eigenvalue weighted by molar-refractivity contribution is 5.40. The first-order valence-corrected chi connectivity index (χ1v) is 9.47. The van der Waals surface area contributed by atoms with Crippen LogP contribution in [0.4, 0.5) is 0 Å². The van der Waals surface area contributed by atoms with E-state index in [0.717, 1.165) is 51.7 Å². The lowest BCUT2D eigenvalue weighted by Crippen LogP contribution is -2.56. The average Bonchev–Trinajstić information content (AvgIpc) is 3.07. The van der Waals surface area contributed by atoms with Gasteiger partial charge < -0.3 is 9.47 Å². The third-order valence-corrected chi connectivity index (χ3v) is 7.41. The van der Waals surface area contributed by atoms with Crippen molar-refractivity contribution >= 4 is 0 Å². The monoisotopic (exact) mass is 325 g/mol. The Morgan fingerprint density at radius 2 is 1.96 bits per heavy atom. The van der Waals surface area contributed by atoms with E-state index in [1.54, 1.807) is 0 Å². The topological polar surface area (TPSA) is 42.2 Å². The molecule has 0 amide bonds. The van der Waals surface area contributed by atoms with Crippen LogP contribution in [-0.4, -0.2) is 19.0 Å². The summed E-state index contributed by atoms with van der Waals surface area (Å²) in [5, 5.41) is 8.99. The molecule has 3 fully saturated rings. The summed E-state index contributed by atoms with van der Waals surface area (Å²) in [5.41, 5.74) is 1.64. The number of hydrogen-bond acceptors (Lipinski definition) is 3. The largest absolute Gasteiger partial charge is 0.347 e. The molecule has 3 aliphatic carbocycles. The second kappa shape index (κ2) is 5.62. The number of hydrogen-bond donors (Lipinski definition) is 0. The van der Waals surface area contributed by atoms with E-state index < -0.39 is 0 Å². The smallest absolute Gasteiger partial charge is 0.171 e. The van der Waals surface area contributed by atoms with Crippen LogP contribution in [-0.2, 0) is 9.47 Å². The van der Waals surface area contributed by atoms with Gasteiger partial charge in [0.15, 0.2) is 11.9 Å². The van der Waals surface area contributed by atoms with Crippen molar-refractivity contribution in [2.75, 3.05) is 13.2 Å². The van der Waals surface area contributed by atoms with Crippen LogP contribution in [0.1, 0.15) is 58.8 Å². The minimum absolute atomic E-state index is 0.0547. The van der Waals surface area contributed by atoms with Crippen LogP contribution in [0.5, 0.6) is 0 Å². The molecule has 1 spiro atoms. The second-order valence-electron chi connectivity index (χ2n) is 8.31. The summed E-state index contributed by atoms with van der Waals surface area (Å²) in [5.74, 6) is 6.76. The lowest BCUT2D eigenvalue weighted by molar-refractivity contribution is -0.243. The van der Waals surface area contributed by atoms with Crippen molar-refractivity contribution in [1.82, 2.24) is 0 Å². The van der Waals surface area contributed by atoms with Crippen LogP contribution < -0.4 is 0 Å². The van der Waals surface area contributed by atoms with Crippen LogP contribution in [0.2, 0.25) is 0 Å². The van der Waals surface area contributed by atoms with Gasteiger partial charge in [-0.15, -0.1) is 0 Å². The van der Waals surface area contributed by atoms with Crippen LogP contribution in [0.15, 0.2) is 11.6 Å². The molecule has 128 valence electrons. The van der Waals surface area contributed by atoms with Gasteiger partial charge in [-0.2, -0.15) is 5.26 Å². The molecule has 0 aromatic rings. The van der Waals surface area contributed by atoms with Crippen LogP contribution in [0, 0.1) is 45.8 Å². The van der Waals surface area contributed by atoms with E-state index in [2.05, 4.69) is 31.8 Å². The van der Waals surface area contributed by atoms with E-state index in [0.29, 0.717) is 11.8 Å². The summed E-state index contributed by atoms with van der Waals surface area (Å²) < 4.78 is 12.2. The van der Waals surface area contributed by atoms with E-state index in [4.69, 9.17) is 14.7 Å². The Labute approximate surface area is 145 Å². The van der Waals surface area contributed by atoms with E-state index in [9.17, 15) is 0 Å². The molecule has 4 rings (SSSR count). The van der Waals surface area contributed by atoms with Crippen molar-refractivity contribution in [2.45, 2.75) is 64.6 Å². The van der Waals surface area contributed by atoms with E-state index in [1.807, 2.05) is 6.07 Å². The van der Waals surface area contributed by atoms with Crippen molar-refractivity contribution in [3.05, 3.63) is 11.6 Å². The molecule has 3 nitrogen and oxygen atoms in total. The summed E-state index contributed by atoms with van der Waals surface area (Å²) in [6, 6.07) is 2.05. The number of ether oxygens (including phenoxy) is 2. The molecular formula is C21H27NO2. The van der Waals surface area contributed by atoms with Gasteiger partial charge in [-0.1, -0.05) is 25.8 Å². The minimum atomic E-state index is -0.349. The van der Waals surface area contributed by atoms with Gasteiger partial charge in [0.2, 0.25) is 0 Å². The van der Waals surface area contributed by atoms with Gasteiger partial charge in [-0.3, -0.25) is 0 Å². The molecule has 0 radical (unpaired) electrons. The number of rotatable bonds is 0. The summed E-state index contributed by atoms with van der Waals surface area (Å²) in [7, 11) is 0. The zero-order valence-electron chi connectivity index (χ0n) is 14.9. The van der Waals surface area contributed by atoms with Crippen LogP contribution in [0.25, 0.3) is 0 Å². The SMILES string of the molecule is C[C@@H]1[C@@H]2CC[C@@]3(C#CC#N)CCCC=C3C2(C)CCC12OCCO2. The second-order valence-corrected chi connectivity index (χ2v) is 8.31. The summed E-state index contributed by atoms with van der Waals surface area (Å²) in [4.78, 5) is 0. The first-order chi connectivity index (χ1) is 11.6. The van der Waals surface area contributed by atoms with E-state index in [1.165, 1.54) is 12.0 Å². The Bertz CT molecular complexity index is 658. The predicted octanol–water partition coefficient (Wildman–Crippen LogP) is 4.20. The first-order valence-electron chi connectivity index (χ1n) is 9.47. The van der Waals surface area contributed by atoms with Gasteiger partial charge in [-0.25, -0.2) is 0 Å². The molecule has 1 saturated heterocycles. The fourth-order valence-corrected chi connectivity index (χ4v) is 6.25. The van der Waals surface area contributed by atoms with Crippen molar-refractivity contribution in [3.8, 4) is 17.9 Å². The van der Waals surface area contributed by atoms with Gasteiger partial charge in [0.25, 0.3) is 0 Å². The molecule has 3 heteroatoms. The van der Waals surface area contributed by atoms with Crippen molar-refractivity contribution in [3.63, 3.8) is 0 Å². The maximum Gasteiger partial charge on any atom is 0.171 e.